The predicted octanol–water partition coefficient (Wildman–Crippen LogP) is 2.44. The lowest BCUT2D eigenvalue weighted by Gasteiger charge is -2.31. The molecule has 116 valence electrons. The number of hydrogen-bond acceptors (Lipinski definition) is 2. The summed E-state index contributed by atoms with van der Waals surface area (Å²) in [6.07, 6.45) is -4.49. The third-order valence-electron chi connectivity index (χ3n) is 3.28. The molecule has 2 N–H and O–H groups in total. The quantitative estimate of drug-likeness (QED) is 0.824. The van der Waals surface area contributed by atoms with Gasteiger partial charge in [-0.3, -0.25) is 4.79 Å². The number of amides is 1. The second kappa shape index (κ2) is 5.97. The average Bonchev–Trinajstić information content (AvgIpc) is 2.36. The molecule has 1 heterocycles. The fourth-order valence-electron chi connectivity index (χ4n) is 2.35. The first-order chi connectivity index (χ1) is 9.75. The van der Waals surface area contributed by atoms with E-state index in [1.54, 1.807) is 0 Å². The Morgan fingerprint density at radius 1 is 1.19 bits per heavy atom. The Kier molecular flexibility index (Phi) is 4.46. The summed E-state index contributed by atoms with van der Waals surface area (Å²) in [5, 5.41) is 4.86. The summed E-state index contributed by atoms with van der Waals surface area (Å²) in [5.41, 5.74) is 0.304. The van der Waals surface area contributed by atoms with Crippen LogP contribution in [-0.4, -0.2) is 24.7 Å². The zero-order valence-electron chi connectivity index (χ0n) is 10.8. The Morgan fingerprint density at radius 2 is 1.81 bits per heavy atom. The van der Waals surface area contributed by atoms with Gasteiger partial charge in [0.2, 0.25) is 0 Å². The van der Waals surface area contributed by atoms with Crippen molar-refractivity contribution in [1.82, 2.24) is 10.6 Å². The van der Waals surface area contributed by atoms with Gasteiger partial charge >= 0.3 is 12.1 Å². The normalized spacial score (nSPS) is 22.9. The first-order valence-corrected chi connectivity index (χ1v) is 6.33. The molecule has 1 amide bonds. The lowest BCUT2D eigenvalue weighted by atomic mass is 9.93. The standard InChI is InChI=1S/C13H13F5N2O/c14-8-3-7(4-9(15)5-8)11-6-10(1-2-19-11)20-12(21)13(16,17)18/h3-5,10-11,19H,1-2,6H2,(H,20,21)/t10-,11+/m1/s1. The Labute approximate surface area is 117 Å². The van der Waals surface area contributed by atoms with Crippen LogP contribution in [0.2, 0.25) is 0 Å². The van der Waals surface area contributed by atoms with E-state index in [4.69, 9.17) is 0 Å². The molecule has 8 heteroatoms. The van der Waals surface area contributed by atoms with Gasteiger partial charge in [-0.2, -0.15) is 13.2 Å². The number of alkyl halides is 3. The highest BCUT2D eigenvalue weighted by Gasteiger charge is 2.40. The molecule has 0 aromatic heterocycles. The molecule has 0 unspecified atom stereocenters. The number of nitrogens with one attached hydrogen (secondary N) is 2. The zero-order chi connectivity index (χ0) is 15.6. The topological polar surface area (TPSA) is 41.1 Å². The molecule has 0 radical (unpaired) electrons. The minimum absolute atomic E-state index is 0.130. The van der Waals surface area contributed by atoms with Crippen molar-refractivity contribution in [2.24, 2.45) is 0 Å². The summed E-state index contributed by atoms with van der Waals surface area (Å²) in [7, 11) is 0. The largest absolute Gasteiger partial charge is 0.471 e. The molecular formula is C13H13F5N2O. The van der Waals surface area contributed by atoms with Gasteiger partial charge in [0, 0.05) is 18.2 Å². The Balaban J connectivity index is 2.05. The molecule has 1 aliphatic rings. The van der Waals surface area contributed by atoms with Crippen molar-refractivity contribution in [3.8, 4) is 0 Å². The molecule has 3 nitrogen and oxygen atoms in total. The van der Waals surface area contributed by atoms with Crippen LogP contribution in [0.5, 0.6) is 0 Å². The highest BCUT2D eigenvalue weighted by Crippen LogP contribution is 2.25. The van der Waals surface area contributed by atoms with E-state index in [1.165, 1.54) is 0 Å². The van der Waals surface area contributed by atoms with Crippen LogP contribution in [0.3, 0.4) is 0 Å². The highest BCUT2D eigenvalue weighted by molar-refractivity contribution is 5.81. The summed E-state index contributed by atoms with van der Waals surface area (Å²) in [6.45, 7) is 0.339. The van der Waals surface area contributed by atoms with Crippen LogP contribution in [-0.2, 0) is 4.79 Å². The Bertz CT molecular complexity index is 512. The van der Waals surface area contributed by atoms with E-state index < -0.39 is 35.8 Å². The second-order valence-corrected chi connectivity index (χ2v) is 4.90. The number of carbonyl (C=O) groups excluding carboxylic acids is 1. The molecule has 1 aromatic rings. The van der Waals surface area contributed by atoms with Gasteiger partial charge < -0.3 is 10.6 Å². The first kappa shape index (κ1) is 15.7. The second-order valence-electron chi connectivity index (χ2n) is 4.90. The molecule has 1 aromatic carbocycles. The minimum Gasteiger partial charge on any atom is -0.345 e. The average molecular weight is 308 g/mol. The van der Waals surface area contributed by atoms with Gasteiger partial charge in [0.15, 0.2) is 0 Å². The van der Waals surface area contributed by atoms with Gasteiger partial charge in [-0.15, -0.1) is 0 Å². The maximum Gasteiger partial charge on any atom is 0.471 e. The summed E-state index contributed by atoms with van der Waals surface area (Å²) in [4.78, 5) is 10.9. The van der Waals surface area contributed by atoms with E-state index in [1.807, 2.05) is 5.32 Å². The first-order valence-electron chi connectivity index (χ1n) is 6.33. The molecule has 2 rings (SSSR count). The predicted molar refractivity (Wildman–Crippen MR) is 64.3 cm³/mol. The number of hydrogen-bond donors (Lipinski definition) is 2. The van der Waals surface area contributed by atoms with Crippen molar-refractivity contribution in [2.45, 2.75) is 31.1 Å². The van der Waals surface area contributed by atoms with E-state index in [2.05, 4.69) is 5.32 Å². The molecule has 1 saturated heterocycles. The maximum absolute atomic E-state index is 13.2. The monoisotopic (exact) mass is 308 g/mol. The molecule has 2 atom stereocenters. The highest BCUT2D eigenvalue weighted by atomic mass is 19.4. The molecule has 1 fully saturated rings. The Morgan fingerprint density at radius 3 is 2.38 bits per heavy atom. The van der Waals surface area contributed by atoms with E-state index >= 15 is 0 Å². The minimum atomic E-state index is -4.94. The van der Waals surface area contributed by atoms with Gasteiger partial charge in [0.25, 0.3) is 0 Å². The fourth-order valence-corrected chi connectivity index (χ4v) is 2.35. The van der Waals surface area contributed by atoms with Crippen LogP contribution in [0.25, 0.3) is 0 Å². The van der Waals surface area contributed by atoms with Crippen LogP contribution >= 0.6 is 0 Å². The fraction of sp³-hybridized carbons (Fsp3) is 0.462. The van der Waals surface area contributed by atoms with Crippen LogP contribution in [0.15, 0.2) is 18.2 Å². The molecule has 0 aliphatic carbocycles. The smallest absolute Gasteiger partial charge is 0.345 e. The van der Waals surface area contributed by atoms with Gasteiger partial charge in [-0.25, -0.2) is 8.78 Å². The number of carbonyl (C=O) groups is 1. The van der Waals surface area contributed by atoms with E-state index in [-0.39, 0.29) is 6.42 Å². The zero-order valence-corrected chi connectivity index (χ0v) is 10.8. The van der Waals surface area contributed by atoms with Crippen molar-refractivity contribution >= 4 is 5.91 Å². The van der Waals surface area contributed by atoms with Crippen molar-refractivity contribution in [3.05, 3.63) is 35.4 Å². The van der Waals surface area contributed by atoms with Crippen LogP contribution in [0.1, 0.15) is 24.4 Å². The summed E-state index contributed by atoms with van der Waals surface area (Å²) in [6, 6.07) is 1.75. The van der Waals surface area contributed by atoms with E-state index in [0.29, 0.717) is 18.5 Å². The SMILES string of the molecule is O=C(N[C@@H]1CCN[C@H](c2cc(F)cc(F)c2)C1)C(F)(F)F. The summed E-state index contributed by atoms with van der Waals surface area (Å²) >= 11 is 0. The van der Waals surface area contributed by atoms with Gasteiger partial charge in [0.1, 0.15) is 11.6 Å². The molecule has 21 heavy (non-hydrogen) atoms. The van der Waals surface area contributed by atoms with Crippen LogP contribution in [0.4, 0.5) is 22.0 Å². The number of benzene rings is 1. The van der Waals surface area contributed by atoms with Crippen molar-refractivity contribution in [3.63, 3.8) is 0 Å². The third kappa shape index (κ3) is 4.13. The maximum atomic E-state index is 13.2. The van der Waals surface area contributed by atoms with Crippen molar-refractivity contribution in [1.29, 1.82) is 0 Å². The molecule has 0 saturated carbocycles. The van der Waals surface area contributed by atoms with Crippen molar-refractivity contribution in [2.75, 3.05) is 6.54 Å². The molecule has 0 bridgehead atoms. The van der Waals surface area contributed by atoms with Gasteiger partial charge in [-0.05, 0) is 37.1 Å². The van der Waals surface area contributed by atoms with Crippen LogP contribution < -0.4 is 10.6 Å². The Hall–Kier alpha value is -1.70. The van der Waals surface area contributed by atoms with Gasteiger partial charge in [0.05, 0.1) is 0 Å². The lowest BCUT2D eigenvalue weighted by Crippen LogP contribution is -2.48. The number of piperidine rings is 1. The van der Waals surface area contributed by atoms with Crippen LogP contribution in [0, 0.1) is 11.6 Å². The summed E-state index contributed by atoms with van der Waals surface area (Å²) in [5.74, 6) is -3.51. The number of rotatable bonds is 2. The van der Waals surface area contributed by atoms with E-state index in [9.17, 15) is 26.7 Å². The summed E-state index contributed by atoms with van der Waals surface area (Å²) < 4.78 is 62.9. The molecule has 1 aliphatic heterocycles. The molecular weight excluding hydrogens is 295 g/mol. The van der Waals surface area contributed by atoms with Crippen molar-refractivity contribution < 1.29 is 26.7 Å². The van der Waals surface area contributed by atoms with E-state index in [0.717, 1.165) is 18.2 Å². The molecule has 0 spiro atoms. The third-order valence-corrected chi connectivity index (χ3v) is 3.28. The lowest BCUT2D eigenvalue weighted by molar-refractivity contribution is -0.174. The number of halogens is 5. The van der Waals surface area contributed by atoms with Gasteiger partial charge in [-0.1, -0.05) is 0 Å².